The van der Waals surface area contributed by atoms with E-state index in [1.54, 1.807) is 11.9 Å². The van der Waals surface area contributed by atoms with Crippen molar-refractivity contribution >= 4 is 17.7 Å². The van der Waals surface area contributed by atoms with E-state index in [-0.39, 0.29) is 24.0 Å². The van der Waals surface area contributed by atoms with Gasteiger partial charge in [-0.15, -0.1) is 0 Å². The predicted octanol–water partition coefficient (Wildman–Crippen LogP) is -0.130. The standard InChI is InChI=1S/C23H34N6O3/c1-25-20(24)22(31)28-17-10-5-13-26-19-12-11-18(29(19)23(17)32)21(30)27-16-9-4-7-14-6-2-3-8-15(14)16/h2-3,6,8,16-20,25-26H,4-5,7,9-13,24H2,1H3,(H,27,30)(H,28,31)/t16?,17?,18-,19?,20-/m1/s1. The molecule has 2 aliphatic heterocycles. The van der Waals surface area contributed by atoms with Gasteiger partial charge in [-0.25, -0.2) is 0 Å². The van der Waals surface area contributed by atoms with Crippen molar-refractivity contribution in [3.63, 3.8) is 0 Å². The minimum absolute atomic E-state index is 0.0338. The largest absolute Gasteiger partial charge is 0.347 e. The lowest BCUT2D eigenvalue weighted by atomic mass is 9.87. The van der Waals surface area contributed by atoms with Crippen molar-refractivity contribution < 1.29 is 14.4 Å². The summed E-state index contributed by atoms with van der Waals surface area (Å²) in [6.07, 6.45) is 4.43. The monoisotopic (exact) mass is 442 g/mol. The highest BCUT2D eigenvalue weighted by atomic mass is 16.2. The first-order chi connectivity index (χ1) is 15.5. The number of nitrogens with one attached hydrogen (secondary N) is 4. The van der Waals surface area contributed by atoms with Gasteiger partial charge in [0.1, 0.15) is 18.2 Å². The molecule has 9 nitrogen and oxygen atoms in total. The zero-order chi connectivity index (χ0) is 22.7. The fourth-order valence-electron chi connectivity index (χ4n) is 5.15. The van der Waals surface area contributed by atoms with Crippen LogP contribution in [0.4, 0.5) is 0 Å². The Bertz CT molecular complexity index is 862. The van der Waals surface area contributed by atoms with Crippen LogP contribution < -0.4 is 27.0 Å². The summed E-state index contributed by atoms with van der Waals surface area (Å²) < 4.78 is 0. The first kappa shape index (κ1) is 22.7. The lowest BCUT2D eigenvalue weighted by Gasteiger charge is -2.36. The molecule has 0 radical (unpaired) electrons. The lowest BCUT2D eigenvalue weighted by molar-refractivity contribution is -0.145. The molecule has 3 unspecified atom stereocenters. The van der Waals surface area contributed by atoms with Crippen molar-refractivity contribution in [2.45, 2.75) is 75.4 Å². The van der Waals surface area contributed by atoms with Gasteiger partial charge in [0.15, 0.2) is 0 Å². The van der Waals surface area contributed by atoms with Crippen LogP contribution in [-0.2, 0) is 20.8 Å². The van der Waals surface area contributed by atoms with Gasteiger partial charge in [0.25, 0.3) is 5.91 Å². The minimum Gasteiger partial charge on any atom is -0.347 e. The van der Waals surface area contributed by atoms with Crippen LogP contribution in [0.25, 0.3) is 0 Å². The number of amides is 3. The molecule has 0 aromatic heterocycles. The zero-order valence-electron chi connectivity index (χ0n) is 18.6. The number of carbonyl (C=O) groups is 3. The smallest absolute Gasteiger partial charge is 0.252 e. The van der Waals surface area contributed by atoms with E-state index in [0.717, 1.165) is 32.2 Å². The predicted molar refractivity (Wildman–Crippen MR) is 120 cm³/mol. The molecule has 9 heteroatoms. The number of fused-ring (bicyclic) bond motifs is 2. The van der Waals surface area contributed by atoms with Gasteiger partial charge in [-0.1, -0.05) is 24.3 Å². The van der Waals surface area contributed by atoms with E-state index in [1.165, 1.54) is 11.1 Å². The third-order valence-corrected chi connectivity index (χ3v) is 6.89. The Hall–Kier alpha value is -2.49. The van der Waals surface area contributed by atoms with Crippen LogP contribution in [-0.4, -0.2) is 60.6 Å². The van der Waals surface area contributed by atoms with Crippen LogP contribution in [0.15, 0.2) is 24.3 Å². The lowest BCUT2D eigenvalue weighted by Crippen LogP contribution is -2.61. The topological polar surface area (TPSA) is 129 Å². The average Bonchev–Trinajstić information content (AvgIpc) is 3.22. The van der Waals surface area contributed by atoms with E-state index in [9.17, 15) is 14.4 Å². The first-order valence-corrected chi connectivity index (χ1v) is 11.7. The van der Waals surface area contributed by atoms with E-state index >= 15 is 0 Å². The molecule has 6 N–H and O–H groups in total. The van der Waals surface area contributed by atoms with Crippen LogP contribution in [0, 0.1) is 0 Å². The number of nitrogens with two attached hydrogens (primary N) is 1. The number of rotatable bonds is 5. The third-order valence-electron chi connectivity index (χ3n) is 6.89. The molecule has 5 atom stereocenters. The van der Waals surface area contributed by atoms with Crippen molar-refractivity contribution in [3.8, 4) is 0 Å². The molecule has 2 heterocycles. The number of aryl methyl sites for hydroxylation is 1. The van der Waals surface area contributed by atoms with Crippen molar-refractivity contribution in [3.05, 3.63) is 35.4 Å². The second kappa shape index (κ2) is 9.97. The maximum atomic E-state index is 13.5. The summed E-state index contributed by atoms with van der Waals surface area (Å²) in [4.78, 5) is 40.8. The molecule has 3 aliphatic rings. The van der Waals surface area contributed by atoms with E-state index in [4.69, 9.17) is 5.73 Å². The maximum Gasteiger partial charge on any atom is 0.252 e. The Labute approximate surface area is 188 Å². The Morgan fingerprint density at radius 3 is 2.69 bits per heavy atom. The molecule has 0 bridgehead atoms. The summed E-state index contributed by atoms with van der Waals surface area (Å²) in [5, 5.41) is 12.1. The van der Waals surface area contributed by atoms with Crippen molar-refractivity contribution in [1.82, 2.24) is 26.2 Å². The zero-order valence-corrected chi connectivity index (χ0v) is 18.6. The van der Waals surface area contributed by atoms with Crippen LogP contribution in [0.1, 0.15) is 55.7 Å². The molecule has 3 amide bonds. The Balaban J connectivity index is 1.49. The maximum absolute atomic E-state index is 13.5. The van der Waals surface area contributed by atoms with Gasteiger partial charge in [0.2, 0.25) is 11.8 Å². The van der Waals surface area contributed by atoms with Crippen molar-refractivity contribution in [2.75, 3.05) is 13.6 Å². The molecule has 2 fully saturated rings. The molecular formula is C23H34N6O3. The molecule has 0 spiro atoms. The van der Waals surface area contributed by atoms with Crippen LogP contribution in [0.5, 0.6) is 0 Å². The molecule has 1 aromatic rings. The number of benzene rings is 1. The highest BCUT2D eigenvalue weighted by Crippen LogP contribution is 2.31. The summed E-state index contributed by atoms with van der Waals surface area (Å²) in [7, 11) is 1.59. The van der Waals surface area contributed by atoms with E-state index in [0.29, 0.717) is 19.3 Å². The van der Waals surface area contributed by atoms with E-state index in [2.05, 4.69) is 33.4 Å². The summed E-state index contributed by atoms with van der Waals surface area (Å²) in [5.41, 5.74) is 8.20. The fraction of sp³-hybridized carbons (Fsp3) is 0.609. The van der Waals surface area contributed by atoms with Crippen LogP contribution >= 0.6 is 0 Å². The second-order valence-electron chi connectivity index (χ2n) is 8.93. The summed E-state index contributed by atoms with van der Waals surface area (Å²) in [5.74, 6) is -0.766. The van der Waals surface area contributed by atoms with Gasteiger partial charge in [0, 0.05) is 0 Å². The number of carbonyl (C=O) groups excluding carboxylic acids is 3. The molecule has 1 aliphatic carbocycles. The number of likely N-dealkylation sites (N-methyl/N-ethyl adjacent to an activating group) is 1. The Kier molecular flexibility index (Phi) is 7.07. The SMILES string of the molecule is CN[C@@H](N)C(=O)NC1CCCNC2CC[C@H](C(=O)NC3CCCc4ccccc43)N2C1=O. The van der Waals surface area contributed by atoms with Gasteiger partial charge < -0.3 is 21.3 Å². The van der Waals surface area contributed by atoms with E-state index < -0.39 is 24.2 Å². The highest BCUT2D eigenvalue weighted by molar-refractivity contribution is 5.93. The number of nitrogens with zero attached hydrogens (tertiary/aromatic N) is 1. The fourth-order valence-corrected chi connectivity index (χ4v) is 5.15. The van der Waals surface area contributed by atoms with E-state index in [1.807, 2.05) is 12.1 Å². The molecular weight excluding hydrogens is 408 g/mol. The molecule has 2 saturated heterocycles. The van der Waals surface area contributed by atoms with Gasteiger partial charge in [-0.3, -0.25) is 25.0 Å². The summed E-state index contributed by atoms with van der Waals surface area (Å²) in [6, 6.07) is 6.96. The molecule has 32 heavy (non-hydrogen) atoms. The van der Waals surface area contributed by atoms with Gasteiger partial charge in [0.05, 0.1) is 12.2 Å². The summed E-state index contributed by atoms with van der Waals surface area (Å²) in [6.45, 7) is 0.725. The van der Waals surface area contributed by atoms with Crippen molar-refractivity contribution in [2.24, 2.45) is 5.73 Å². The minimum atomic E-state index is -0.883. The number of hydrogen-bond donors (Lipinski definition) is 5. The van der Waals surface area contributed by atoms with Crippen LogP contribution in [0.2, 0.25) is 0 Å². The van der Waals surface area contributed by atoms with Crippen molar-refractivity contribution in [1.29, 1.82) is 0 Å². The van der Waals surface area contributed by atoms with Gasteiger partial charge in [-0.2, -0.15) is 0 Å². The average molecular weight is 443 g/mol. The van der Waals surface area contributed by atoms with Crippen LogP contribution in [0.3, 0.4) is 0 Å². The van der Waals surface area contributed by atoms with Gasteiger partial charge >= 0.3 is 0 Å². The molecule has 174 valence electrons. The Morgan fingerprint density at radius 2 is 1.88 bits per heavy atom. The first-order valence-electron chi connectivity index (χ1n) is 11.7. The second-order valence-corrected chi connectivity index (χ2v) is 8.93. The normalized spacial score (nSPS) is 28.7. The molecule has 1 aromatic carbocycles. The quantitative estimate of drug-likeness (QED) is 0.404. The van der Waals surface area contributed by atoms with Gasteiger partial charge in [-0.05, 0) is 69.7 Å². The Morgan fingerprint density at radius 1 is 1.09 bits per heavy atom. The number of hydrogen-bond acceptors (Lipinski definition) is 6. The third kappa shape index (κ3) is 4.65. The molecule has 4 rings (SSSR count). The summed E-state index contributed by atoms with van der Waals surface area (Å²) >= 11 is 0. The molecule has 0 saturated carbocycles. The highest BCUT2D eigenvalue weighted by Gasteiger charge is 2.44.